The summed E-state index contributed by atoms with van der Waals surface area (Å²) < 4.78 is 19.7. The first-order valence-corrected chi connectivity index (χ1v) is 12.2. The molecule has 37 heavy (non-hydrogen) atoms. The van der Waals surface area contributed by atoms with E-state index >= 15 is 0 Å². The predicted octanol–water partition coefficient (Wildman–Crippen LogP) is 5.57. The Morgan fingerprint density at radius 1 is 0.946 bits per heavy atom. The summed E-state index contributed by atoms with van der Waals surface area (Å²) in [4.78, 5) is 6.58. The molecule has 0 fully saturated rings. The summed E-state index contributed by atoms with van der Waals surface area (Å²) in [5.74, 6) is 2.66. The number of rotatable bonds is 5. The maximum atomic E-state index is 6.70. The van der Waals surface area contributed by atoms with Gasteiger partial charge in [0.05, 0.1) is 19.9 Å². The van der Waals surface area contributed by atoms with E-state index in [1.54, 1.807) is 20.5 Å². The van der Waals surface area contributed by atoms with Gasteiger partial charge in [-0.3, -0.25) is 0 Å². The molecule has 2 aliphatic heterocycles. The lowest BCUT2D eigenvalue weighted by atomic mass is 9.84. The zero-order chi connectivity index (χ0) is 25.7. The molecule has 0 aliphatic carbocycles. The lowest BCUT2D eigenvalue weighted by Crippen LogP contribution is -2.32. The van der Waals surface area contributed by atoms with Gasteiger partial charge >= 0.3 is 0 Å². The van der Waals surface area contributed by atoms with Gasteiger partial charge in [-0.15, -0.1) is 0 Å². The zero-order valence-corrected chi connectivity index (χ0v) is 21.7. The molecule has 1 aromatic heterocycles. The van der Waals surface area contributed by atoms with Crippen molar-refractivity contribution in [3.63, 3.8) is 0 Å². The number of anilines is 2. The molecular weight excluding hydrogens is 490 g/mol. The molecule has 1 N–H and O–H groups in total. The van der Waals surface area contributed by atoms with Crippen LogP contribution in [0.2, 0.25) is 5.02 Å². The first kappa shape index (κ1) is 23.2. The molecule has 6 rings (SSSR count). The normalized spacial score (nSPS) is 17.6. The summed E-state index contributed by atoms with van der Waals surface area (Å²) in [7, 11) is 7.31. The summed E-state index contributed by atoms with van der Waals surface area (Å²) in [6.45, 7) is 0. The van der Waals surface area contributed by atoms with Crippen molar-refractivity contribution in [3.05, 3.63) is 94.3 Å². The van der Waals surface area contributed by atoms with Gasteiger partial charge in [0.25, 0.3) is 0 Å². The Morgan fingerprint density at radius 2 is 1.70 bits per heavy atom. The number of halogens is 1. The Kier molecular flexibility index (Phi) is 5.68. The molecule has 8 nitrogen and oxygen atoms in total. The van der Waals surface area contributed by atoms with Crippen molar-refractivity contribution in [1.29, 1.82) is 0 Å². The third-order valence-electron chi connectivity index (χ3n) is 6.81. The lowest BCUT2D eigenvalue weighted by Gasteiger charge is -2.39. The number of aromatic nitrogens is 3. The Balaban J connectivity index is 1.59. The summed E-state index contributed by atoms with van der Waals surface area (Å²) in [6, 6.07) is 19.7. The van der Waals surface area contributed by atoms with Gasteiger partial charge in [0.2, 0.25) is 5.95 Å². The van der Waals surface area contributed by atoms with Crippen LogP contribution in [0.3, 0.4) is 0 Å². The quantitative estimate of drug-likeness (QED) is 0.372. The van der Waals surface area contributed by atoms with Gasteiger partial charge in [-0.1, -0.05) is 29.8 Å². The van der Waals surface area contributed by atoms with Crippen LogP contribution in [0.25, 0.3) is 5.70 Å². The molecule has 188 valence electrons. The van der Waals surface area contributed by atoms with Crippen LogP contribution in [0.1, 0.15) is 28.8 Å². The molecule has 0 amide bonds. The van der Waals surface area contributed by atoms with E-state index in [0.717, 1.165) is 39.4 Å². The highest BCUT2D eigenvalue weighted by atomic mass is 35.5. The van der Waals surface area contributed by atoms with Gasteiger partial charge in [0, 0.05) is 41.5 Å². The van der Waals surface area contributed by atoms with Gasteiger partial charge in [0.1, 0.15) is 24.2 Å². The zero-order valence-electron chi connectivity index (χ0n) is 20.9. The highest BCUT2D eigenvalue weighted by Crippen LogP contribution is 2.51. The van der Waals surface area contributed by atoms with Crippen LogP contribution in [-0.4, -0.2) is 43.1 Å². The van der Waals surface area contributed by atoms with Crippen molar-refractivity contribution in [2.45, 2.75) is 12.1 Å². The average Bonchev–Trinajstić information content (AvgIpc) is 3.39. The number of hydrogen-bond acceptors (Lipinski definition) is 7. The van der Waals surface area contributed by atoms with Crippen LogP contribution in [-0.2, 0) is 0 Å². The van der Waals surface area contributed by atoms with E-state index in [-0.39, 0.29) is 6.04 Å². The molecule has 3 aromatic carbocycles. The molecular formula is C28H26ClN5O3. The smallest absolute Gasteiger partial charge is 0.226 e. The second-order valence-corrected chi connectivity index (χ2v) is 9.56. The first-order chi connectivity index (χ1) is 18.0. The minimum atomic E-state index is -0.438. The van der Waals surface area contributed by atoms with Crippen LogP contribution in [0.5, 0.6) is 17.2 Å². The lowest BCUT2D eigenvalue weighted by molar-refractivity contribution is 0.222. The van der Waals surface area contributed by atoms with Crippen molar-refractivity contribution in [2.75, 3.05) is 38.5 Å². The van der Waals surface area contributed by atoms with Crippen LogP contribution in [0.15, 0.2) is 72.6 Å². The van der Waals surface area contributed by atoms with Gasteiger partial charge in [-0.05, 0) is 48.0 Å². The summed E-state index contributed by atoms with van der Waals surface area (Å²) in [5.41, 5.74) is 5.88. The summed E-state index contributed by atoms with van der Waals surface area (Å²) in [6.07, 6.45) is 1.12. The number of benzene rings is 3. The number of fused-ring (bicyclic) bond motifs is 3. The van der Waals surface area contributed by atoms with Gasteiger partial charge in [0.15, 0.2) is 11.5 Å². The molecule has 0 unspecified atom stereocenters. The topological polar surface area (TPSA) is 73.7 Å². The Hall–Kier alpha value is -4.17. The van der Waals surface area contributed by atoms with Gasteiger partial charge in [-0.2, -0.15) is 10.1 Å². The van der Waals surface area contributed by atoms with E-state index in [0.29, 0.717) is 22.5 Å². The number of hydrogen-bond donors (Lipinski definition) is 1. The maximum absolute atomic E-state index is 6.70. The minimum Gasteiger partial charge on any atom is -0.493 e. The molecule has 0 radical (unpaired) electrons. The van der Waals surface area contributed by atoms with Crippen LogP contribution in [0.4, 0.5) is 11.6 Å². The first-order valence-electron chi connectivity index (χ1n) is 11.8. The molecule has 0 saturated carbocycles. The number of ether oxygens (including phenoxy) is 3. The number of nitrogens with zero attached hydrogens (tertiary/aromatic N) is 4. The van der Waals surface area contributed by atoms with E-state index in [2.05, 4.69) is 44.6 Å². The van der Waals surface area contributed by atoms with Crippen LogP contribution < -0.4 is 24.4 Å². The SMILES string of the molecule is COc1ccc([C@@H]2Oc3ccc(Cl)cc3C3=C2[C@@H](c2ccc(N(C)C)cc2)n2ncnc2N3)cc1OC. The van der Waals surface area contributed by atoms with E-state index in [1.165, 1.54) is 0 Å². The molecule has 0 spiro atoms. The molecule has 2 aliphatic rings. The predicted molar refractivity (Wildman–Crippen MR) is 144 cm³/mol. The minimum absolute atomic E-state index is 0.268. The third kappa shape index (κ3) is 3.84. The second-order valence-electron chi connectivity index (χ2n) is 9.12. The van der Waals surface area contributed by atoms with Crippen LogP contribution >= 0.6 is 11.6 Å². The fourth-order valence-electron chi connectivity index (χ4n) is 5.01. The Bertz CT molecular complexity index is 1510. The highest BCUT2D eigenvalue weighted by molar-refractivity contribution is 6.30. The second kappa shape index (κ2) is 9.05. The molecule has 3 heterocycles. The number of nitrogens with one attached hydrogen (secondary N) is 1. The standard InChI is InChI=1S/C28H26ClN5O3/c1-33(2)19-9-5-16(6-10-19)26-24-25(32-28-30-15-31-34(26)28)20-14-18(29)8-12-21(20)37-27(24)17-7-11-22(35-3)23(13-17)36-4/h5-15,26-27H,1-4H3,(H,30,31,32)/t26-,27+/m1/s1. The van der Waals surface area contributed by atoms with Gasteiger partial charge < -0.3 is 24.4 Å². The molecule has 2 atom stereocenters. The number of methoxy groups -OCH3 is 2. The van der Waals surface area contributed by atoms with Crippen molar-refractivity contribution >= 4 is 28.9 Å². The van der Waals surface area contributed by atoms with E-state index < -0.39 is 6.10 Å². The van der Waals surface area contributed by atoms with Crippen molar-refractivity contribution in [2.24, 2.45) is 0 Å². The van der Waals surface area contributed by atoms with E-state index in [1.807, 2.05) is 55.2 Å². The summed E-state index contributed by atoms with van der Waals surface area (Å²) >= 11 is 6.44. The van der Waals surface area contributed by atoms with E-state index in [4.69, 9.17) is 25.8 Å². The molecule has 0 bridgehead atoms. The summed E-state index contributed by atoms with van der Waals surface area (Å²) in [5, 5.41) is 8.73. The van der Waals surface area contributed by atoms with Gasteiger partial charge in [-0.25, -0.2) is 4.68 Å². The van der Waals surface area contributed by atoms with Crippen LogP contribution in [0, 0.1) is 0 Å². The van der Waals surface area contributed by atoms with Crippen molar-refractivity contribution < 1.29 is 14.2 Å². The Morgan fingerprint density at radius 3 is 2.43 bits per heavy atom. The van der Waals surface area contributed by atoms with Crippen molar-refractivity contribution in [3.8, 4) is 17.2 Å². The molecule has 9 heteroatoms. The fraction of sp³-hybridized carbons (Fsp3) is 0.214. The fourth-order valence-corrected chi connectivity index (χ4v) is 5.18. The highest BCUT2D eigenvalue weighted by Gasteiger charge is 2.41. The average molecular weight is 516 g/mol. The molecule has 4 aromatic rings. The Labute approximate surface area is 220 Å². The largest absolute Gasteiger partial charge is 0.493 e. The third-order valence-corrected chi connectivity index (χ3v) is 7.05. The molecule has 0 saturated heterocycles. The monoisotopic (exact) mass is 515 g/mol. The van der Waals surface area contributed by atoms with E-state index in [9.17, 15) is 0 Å². The maximum Gasteiger partial charge on any atom is 0.226 e. The van der Waals surface area contributed by atoms with Crippen molar-refractivity contribution in [1.82, 2.24) is 14.8 Å².